The second kappa shape index (κ2) is 20.2. The average Bonchev–Trinajstić information content (AvgIpc) is 3.73. The maximum atomic E-state index is 13.0. The molecule has 2 saturated carbocycles. The Hall–Kier alpha value is -5.66. The van der Waals surface area contributed by atoms with Crippen LogP contribution in [0.15, 0.2) is 60.7 Å². The summed E-state index contributed by atoms with van der Waals surface area (Å²) >= 11 is 0. The second-order valence-electron chi connectivity index (χ2n) is 15.9. The van der Waals surface area contributed by atoms with Crippen molar-refractivity contribution < 1.29 is 28.8 Å². The third-order valence-electron chi connectivity index (χ3n) is 11.7. The summed E-state index contributed by atoms with van der Waals surface area (Å²) < 4.78 is 3.75. The van der Waals surface area contributed by atoms with Crippen LogP contribution in [-0.2, 0) is 33.3 Å². The molecule has 312 valence electrons. The van der Waals surface area contributed by atoms with Crippen LogP contribution >= 0.6 is 0 Å². The average molecular weight is 797 g/mol. The first-order valence-electron chi connectivity index (χ1n) is 20.7. The highest BCUT2D eigenvalue weighted by Crippen LogP contribution is 2.28. The highest BCUT2D eigenvalue weighted by atomic mass is 16.2. The van der Waals surface area contributed by atoms with Gasteiger partial charge in [-0.15, -0.1) is 0 Å². The molecule has 0 unspecified atom stereocenters. The highest BCUT2D eigenvalue weighted by molar-refractivity contribution is 6.00. The predicted octanol–water partition coefficient (Wildman–Crippen LogP) is 4.47. The number of hydrogen-bond acceptors (Lipinski definition) is 6. The Bertz CT molecular complexity index is 2110. The number of amides is 6. The fraction of sp³-hybridized carbons (Fsp3) is 0.500. The lowest BCUT2D eigenvalue weighted by atomic mass is 9.83. The van der Waals surface area contributed by atoms with Crippen LogP contribution in [0.5, 0.6) is 0 Å². The van der Waals surface area contributed by atoms with E-state index in [1.54, 1.807) is 0 Å². The van der Waals surface area contributed by atoms with Gasteiger partial charge in [0, 0.05) is 60.4 Å². The van der Waals surface area contributed by atoms with Crippen LogP contribution in [0.3, 0.4) is 0 Å². The van der Waals surface area contributed by atoms with Gasteiger partial charge in [-0.05, 0) is 69.7 Å². The number of fused-ring (bicyclic) bond motifs is 2. The van der Waals surface area contributed by atoms with Crippen molar-refractivity contribution in [3.05, 3.63) is 72.1 Å². The van der Waals surface area contributed by atoms with E-state index in [0.717, 1.165) is 73.2 Å². The Balaban J connectivity index is 0.000000223. The van der Waals surface area contributed by atoms with Crippen molar-refractivity contribution >= 4 is 57.2 Å². The van der Waals surface area contributed by atoms with Gasteiger partial charge >= 0.3 is 0 Å². The molecular formula is C44H60N8O6. The molecule has 2 aromatic heterocycles. The lowest BCUT2D eigenvalue weighted by Crippen LogP contribution is -2.53. The number of hydrogen-bond donors (Lipinski definition) is 6. The first-order valence-corrected chi connectivity index (χ1v) is 20.7. The molecule has 14 nitrogen and oxygen atoms in total. The molecule has 2 aliphatic carbocycles. The van der Waals surface area contributed by atoms with Crippen LogP contribution in [0, 0.1) is 11.8 Å². The van der Waals surface area contributed by atoms with E-state index in [9.17, 15) is 28.8 Å². The molecule has 6 amide bonds. The lowest BCUT2D eigenvalue weighted by molar-refractivity contribution is -0.131. The smallest absolute Gasteiger partial charge is 0.268 e. The van der Waals surface area contributed by atoms with E-state index in [1.165, 1.54) is 0 Å². The van der Waals surface area contributed by atoms with E-state index < -0.39 is 23.8 Å². The van der Waals surface area contributed by atoms with Gasteiger partial charge < -0.3 is 41.9 Å². The number of aromatic nitrogens is 2. The van der Waals surface area contributed by atoms with Crippen molar-refractivity contribution in [3.63, 3.8) is 0 Å². The number of nitrogens with one attached hydrogen (secondary N) is 4. The number of carbonyl (C=O) groups is 6. The van der Waals surface area contributed by atoms with Gasteiger partial charge in [-0.3, -0.25) is 28.8 Å². The SMILES string of the molecule is CCC[C@@H](C)NC(=O)[C@@H]1CCCC[C@@H]1NC(=O)c1cc2ccccc2n1C.Cn1c(C(=O)N[C@H]2CCCC[C@H]2C(=O)N[C@@H](CCC(N)=O)C(N)=O)cc2ccccc21. The maximum Gasteiger partial charge on any atom is 0.268 e. The monoisotopic (exact) mass is 796 g/mol. The Morgan fingerprint density at radius 1 is 0.672 bits per heavy atom. The van der Waals surface area contributed by atoms with Crippen LogP contribution in [0.1, 0.15) is 112 Å². The number of primary amides is 2. The minimum Gasteiger partial charge on any atom is -0.370 e. The molecule has 14 heteroatoms. The molecule has 0 aliphatic heterocycles. The van der Waals surface area contributed by atoms with Crippen molar-refractivity contribution in [3.8, 4) is 0 Å². The first-order chi connectivity index (χ1) is 27.8. The Labute approximate surface area is 340 Å². The fourth-order valence-electron chi connectivity index (χ4n) is 8.44. The summed E-state index contributed by atoms with van der Waals surface area (Å²) in [6.45, 7) is 4.17. The van der Waals surface area contributed by atoms with Crippen molar-refractivity contribution in [1.29, 1.82) is 0 Å². The van der Waals surface area contributed by atoms with Gasteiger partial charge in [0.2, 0.25) is 23.6 Å². The number of para-hydroxylation sites is 2. The van der Waals surface area contributed by atoms with Gasteiger partial charge in [-0.1, -0.05) is 75.4 Å². The lowest BCUT2D eigenvalue weighted by Gasteiger charge is -2.32. The summed E-state index contributed by atoms with van der Waals surface area (Å²) in [4.78, 5) is 74.3. The van der Waals surface area contributed by atoms with Crippen molar-refractivity contribution in [1.82, 2.24) is 30.4 Å². The summed E-state index contributed by atoms with van der Waals surface area (Å²) in [6, 6.07) is 18.2. The number of aryl methyl sites for hydroxylation is 2. The second-order valence-corrected chi connectivity index (χ2v) is 15.9. The molecular weight excluding hydrogens is 737 g/mol. The number of carbonyl (C=O) groups excluding carboxylic acids is 6. The molecule has 0 radical (unpaired) electrons. The maximum absolute atomic E-state index is 13.0. The Morgan fingerprint density at radius 3 is 1.55 bits per heavy atom. The first kappa shape index (κ1) is 43.5. The van der Waals surface area contributed by atoms with E-state index in [0.29, 0.717) is 24.2 Å². The van der Waals surface area contributed by atoms with Crippen molar-refractivity contribution in [2.75, 3.05) is 0 Å². The van der Waals surface area contributed by atoms with Gasteiger partial charge in [0.15, 0.2) is 0 Å². The van der Waals surface area contributed by atoms with Gasteiger partial charge in [0.05, 0.1) is 11.8 Å². The number of benzene rings is 2. The summed E-state index contributed by atoms with van der Waals surface area (Å²) in [5.74, 6) is -2.53. The van der Waals surface area contributed by atoms with Crippen LogP contribution in [0.2, 0.25) is 0 Å². The zero-order chi connectivity index (χ0) is 41.9. The van der Waals surface area contributed by atoms with Crippen molar-refractivity contribution in [2.45, 2.75) is 115 Å². The van der Waals surface area contributed by atoms with Gasteiger partial charge in [0.25, 0.3) is 11.8 Å². The molecule has 2 aliphatic rings. The summed E-state index contributed by atoms with van der Waals surface area (Å²) in [5.41, 5.74) is 13.6. The van der Waals surface area contributed by atoms with E-state index >= 15 is 0 Å². The quantitative estimate of drug-likeness (QED) is 0.108. The van der Waals surface area contributed by atoms with E-state index in [1.807, 2.05) is 90.8 Å². The molecule has 2 aromatic carbocycles. The molecule has 6 rings (SSSR count). The molecule has 0 spiro atoms. The molecule has 8 N–H and O–H groups in total. The minimum atomic E-state index is -0.976. The third kappa shape index (κ3) is 10.8. The van der Waals surface area contributed by atoms with Gasteiger partial charge in [-0.25, -0.2) is 0 Å². The Kier molecular flexibility index (Phi) is 15.1. The largest absolute Gasteiger partial charge is 0.370 e. The molecule has 2 heterocycles. The number of nitrogens with zero attached hydrogens (tertiary/aromatic N) is 2. The van der Waals surface area contributed by atoms with E-state index in [2.05, 4.69) is 28.2 Å². The fourth-order valence-corrected chi connectivity index (χ4v) is 8.44. The predicted molar refractivity (Wildman–Crippen MR) is 224 cm³/mol. The molecule has 0 bridgehead atoms. The Morgan fingerprint density at radius 2 is 1.12 bits per heavy atom. The number of rotatable bonds is 14. The number of nitrogens with two attached hydrogens (primary N) is 2. The van der Waals surface area contributed by atoms with Crippen LogP contribution in [-0.4, -0.2) is 68.7 Å². The van der Waals surface area contributed by atoms with Crippen LogP contribution in [0.25, 0.3) is 21.8 Å². The molecule has 0 saturated heterocycles. The van der Waals surface area contributed by atoms with E-state index in [4.69, 9.17) is 11.5 Å². The molecule has 4 aromatic rings. The normalized spacial score (nSPS) is 20.2. The zero-order valence-corrected chi connectivity index (χ0v) is 34.2. The summed E-state index contributed by atoms with van der Waals surface area (Å²) in [6.07, 6.45) is 8.81. The standard InChI is InChI=1S/C22H29N5O4.C22H31N3O2/c1-27-17-9-5-2-6-13(17)12-18(27)22(31)25-15-8-4-3-7-14(15)21(30)26-16(20(24)29)10-11-19(23)28;1-4-9-15(2)23-21(26)17-11-6-7-12-18(17)24-22(27)20-14-16-10-5-8-13-19(16)25(20)3/h2,5-6,9,12,14-16H,3-4,7-8,10-11H2,1H3,(H2,23,28)(H2,24,29)(H,25,31)(H,26,30);5,8,10,13-15,17-18H,4,6-7,9,11-12H2,1-3H3,(H,23,26)(H,24,27)/t14-,15+,16+;15-,17-,18+/m11/s1. The summed E-state index contributed by atoms with van der Waals surface area (Å²) in [5, 5.41) is 13.9. The van der Waals surface area contributed by atoms with Crippen LogP contribution in [0.4, 0.5) is 0 Å². The topological polar surface area (TPSA) is 212 Å². The van der Waals surface area contributed by atoms with Gasteiger partial charge in [0.1, 0.15) is 17.4 Å². The highest BCUT2D eigenvalue weighted by Gasteiger charge is 2.35. The zero-order valence-electron chi connectivity index (χ0n) is 34.2. The molecule has 58 heavy (non-hydrogen) atoms. The molecule has 6 atom stereocenters. The van der Waals surface area contributed by atoms with Crippen LogP contribution < -0.4 is 32.7 Å². The van der Waals surface area contributed by atoms with E-state index in [-0.39, 0.29) is 60.5 Å². The molecule has 2 fully saturated rings. The third-order valence-corrected chi connectivity index (χ3v) is 11.7. The summed E-state index contributed by atoms with van der Waals surface area (Å²) in [7, 11) is 3.74. The van der Waals surface area contributed by atoms with Gasteiger partial charge in [-0.2, -0.15) is 0 Å². The minimum absolute atomic E-state index is 0.0517. The van der Waals surface area contributed by atoms with Crippen molar-refractivity contribution in [2.24, 2.45) is 37.4 Å².